The van der Waals surface area contributed by atoms with Gasteiger partial charge in [0.25, 0.3) is 0 Å². The van der Waals surface area contributed by atoms with Crippen molar-refractivity contribution >= 4 is 17.8 Å². The Labute approximate surface area is 188 Å². The Bertz CT molecular complexity index is 1160. The van der Waals surface area contributed by atoms with Crippen molar-refractivity contribution in [3.8, 4) is 17.2 Å². The van der Waals surface area contributed by atoms with Crippen LogP contribution in [-0.4, -0.2) is 18.9 Å². The van der Waals surface area contributed by atoms with Crippen LogP contribution >= 0.6 is 0 Å². The quantitative estimate of drug-likeness (QED) is 0.198. The summed E-state index contributed by atoms with van der Waals surface area (Å²) in [5, 5.41) is 0. The molecule has 0 aliphatic carbocycles. The molecule has 5 heteroatoms. The first-order chi connectivity index (χ1) is 15.4. The zero-order valence-corrected chi connectivity index (χ0v) is 18.7. The number of hydrogen-bond donors (Lipinski definition) is 0. The summed E-state index contributed by atoms with van der Waals surface area (Å²) < 4.78 is 16.7. The van der Waals surface area contributed by atoms with Crippen molar-refractivity contribution in [3.05, 3.63) is 94.6 Å². The molecular formula is C27H26O5. The van der Waals surface area contributed by atoms with E-state index in [9.17, 15) is 9.59 Å². The molecule has 0 saturated carbocycles. The highest BCUT2D eigenvalue weighted by Gasteiger charge is 2.12. The fraction of sp³-hybridized carbons (Fsp3) is 0.185. The van der Waals surface area contributed by atoms with Gasteiger partial charge in [0.1, 0.15) is 12.4 Å². The zero-order valence-electron chi connectivity index (χ0n) is 18.7. The molecule has 0 atom stereocenters. The standard InChI is InChI=1S/C27H26O5/c1-18-9-12-24(23(15-18)20(3)28)32-27(29)14-11-21-10-13-25(26(16-21)30-4)31-17-22-8-6-5-7-19(22)2/h5-16H,17H2,1-4H3/b14-11+. The first-order valence-corrected chi connectivity index (χ1v) is 10.2. The lowest BCUT2D eigenvalue weighted by Gasteiger charge is -2.12. The Morgan fingerprint density at radius 2 is 1.66 bits per heavy atom. The minimum absolute atomic E-state index is 0.161. The lowest BCUT2D eigenvalue weighted by atomic mass is 10.1. The van der Waals surface area contributed by atoms with E-state index >= 15 is 0 Å². The molecule has 0 radical (unpaired) electrons. The predicted molar refractivity (Wildman–Crippen MR) is 124 cm³/mol. The molecule has 0 N–H and O–H groups in total. The second kappa shape index (κ2) is 10.4. The van der Waals surface area contributed by atoms with Crippen molar-refractivity contribution in [3.63, 3.8) is 0 Å². The molecule has 0 aliphatic heterocycles. The minimum Gasteiger partial charge on any atom is -0.493 e. The molecule has 3 aromatic rings. The molecule has 164 valence electrons. The molecule has 0 aromatic heterocycles. The summed E-state index contributed by atoms with van der Waals surface area (Å²) in [6.07, 6.45) is 2.93. The summed E-state index contributed by atoms with van der Waals surface area (Å²) in [7, 11) is 1.57. The van der Waals surface area contributed by atoms with Gasteiger partial charge in [-0.05, 0) is 67.8 Å². The fourth-order valence-corrected chi connectivity index (χ4v) is 3.15. The number of ether oxygens (including phenoxy) is 3. The lowest BCUT2D eigenvalue weighted by Crippen LogP contribution is -2.07. The Morgan fingerprint density at radius 1 is 0.906 bits per heavy atom. The Morgan fingerprint density at radius 3 is 2.38 bits per heavy atom. The van der Waals surface area contributed by atoms with Crippen LogP contribution in [0.25, 0.3) is 6.08 Å². The number of aryl methyl sites for hydroxylation is 2. The second-order valence-corrected chi connectivity index (χ2v) is 7.44. The van der Waals surface area contributed by atoms with Crippen molar-refractivity contribution in [1.82, 2.24) is 0 Å². The molecule has 3 aromatic carbocycles. The molecular weight excluding hydrogens is 404 g/mol. The van der Waals surface area contributed by atoms with E-state index in [0.29, 0.717) is 23.7 Å². The zero-order chi connectivity index (χ0) is 23.1. The first kappa shape index (κ1) is 22.8. The van der Waals surface area contributed by atoms with Gasteiger partial charge in [-0.15, -0.1) is 0 Å². The third-order valence-corrected chi connectivity index (χ3v) is 4.97. The van der Waals surface area contributed by atoms with Crippen LogP contribution in [-0.2, 0) is 11.4 Å². The van der Waals surface area contributed by atoms with E-state index in [1.54, 1.807) is 43.5 Å². The molecule has 0 spiro atoms. The highest BCUT2D eigenvalue weighted by molar-refractivity contribution is 5.98. The van der Waals surface area contributed by atoms with Crippen LogP contribution in [0.1, 0.15) is 39.5 Å². The van der Waals surface area contributed by atoms with Gasteiger partial charge in [-0.1, -0.05) is 42.0 Å². The van der Waals surface area contributed by atoms with Crippen LogP contribution in [0.3, 0.4) is 0 Å². The fourth-order valence-electron chi connectivity index (χ4n) is 3.15. The summed E-state index contributed by atoms with van der Waals surface area (Å²) in [6.45, 7) is 5.79. The maximum Gasteiger partial charge on any atom is 0.336 e. The molecule has 0 amide bonds. The monoisotopic (exact) mass is 430 g/mol. The van der Waals surface area contributed by atoms with E-state index in [0.717, 1.165) is 22.3 Å². The molecule has 5 nitrogen and oxygen atoms in total. The average molecular weight is 431 g/mol. The predicted octanol–water partition coefficient (Wildman–Crippen LogP) is 5.71. The van der Waals surface area contributed by atoms with Gasteiger partial charge in [-0.25, -0.2) is 4.79 Å². The van der Waals surface area contributed by atoms with E-state index in [1.165, 1.54) is 13.0 Å². The van der Waals surface area contributed by atoms with Gasteiger partial charge in [0.15, 0.2) is 17.3 Å². The SMILES string of the molecule is COc1cc(/C=C/C(=O)Oc2ccc(C)cc2C(C)=O)ccc1OCc1ccccc1C. The van der Waals surface area contributed by atoms with Crippen LogP contribution in [0.4, 0.5) is 0 Å². The van der Waals surface area contributed by atoms with Crippen LogP contribution in [0.15, 0.2) is 66.7 Å². The van der Waals surface area contributed by atoms with E-state index in [4.69, 9.17) is 14.2 Å². The summed E-state index contributed by atoms with van der Waals surface area (Å²) in [5.41, 5.74) is 4.30. The normalized spacial score (nSPS) is 10.8. The minimum atomic E-state index is -0.574. The summed E-state index contributed by atoms with van der Waals surface area (Å²) in [5.74, 6) is 0.685. The number of carbonyl (C=O) groups excluding carboxylic acids is 2. The van der Waals surface area contributed by atoms with Crippen LogP contribution < -0.4 is 14.2 Å². The number of ketones is 1. The van der Waals surface area contributed by atoms with E-state index in [1.807, 2.05) is 44.2 Å². The van der Waals surface area contributed by atoms with Gasteiger partial charge in [0, 0.05) is 6.08 Å². The van der Waals surface area contributed by atoms with E-state index in [2.05, 4.69) is 0 Å². The van der Waals surface area contributed by atoms with Gasteiger partial charge in [0.05, 0.1) is 12.7 Å². The largest absolute Gasteiger partial charge is 0.493 e. The molecule has 0 bridgehead atoms. The smallest absolute Gasteiger partial charge is 0.336 e. The van der Waals surface area contributed by atoms with Gasteiger partial charge in [0.2, 0.25) is 0 Å². The van der Waals surface area contributed by atoms with E-state index in [-0.39, 0.29) is 11.5 Å². The number of methoxy groups -OCH3 is 1. The number of carbonyl (C=O) groups is 2. The number of benzene rings is 3. The molecule has 0 saturated heterocycles. The summed E-state index contributed by atoms with van der Waals surface area (Å²) in [6, 6.07) is 18.6. The number of esters is 1. The maximum atomic E-state index is 12.3. The van der Waals surface area contributed by atoms with Gasteiger partial charge in [-0.2, -0.15) is 0 Å². The topological polar surface area (TPSA) is 61.8 Å². The first-order valence-electron chi connectivity index (χ1n) is 10.2. The van der Waals surface area contributed by atoms with Crippen LogP contribution in [0.2, 0.25) is 0 Å². The number of Topliss-reactive ketones (excluding diaryl/α,β-unsaturated/α-hetero) is 1. The maximum absolute atomic E-state index is 12.3. The Hall–Kier alpha value is -3.86. The highest BCUT2D eigenvalue weighted by Crippen LogP contribution is 2.29. The van der Waals surface area contributed by atoms with Crippen LogP contribution in [0.5, 0.6) is 17.2 Å². The molecule has 0 unspecified atom stereocenters. The molecule has 0 fully saturated rings. The third kappa shape index (κ3) is 5.85. The van der Waals surface area contributed by atoms with E-state index < -0.39 is 5.97 Å². The number of hydrogen-bond acceptors (Lipinski definition) is 5. The van der Waals surface area contributed by atoms with Crippen LogP contribution in [0, 0.1) is 13.8 Å². The molecule has 3 rings (SSSR count). The van der Waals surface area contributed by atoms with Crippen molar-refractivity contribution in [1.29, 1.82) is 0 Å². The third-order valence-electron chi connectivity index (χ3n) is 4.97. The lowest BCUT2D eigenvalue weighted by molar-refractivity contribution is -0.128. The molecule has 32 heavy (non-hydrogen) atoms. The van der Waals surface area contributed by atoms with Crippen molar-refractivity contribution < 1.29 is 23.8 Å². The molecule has 0 heterocycles. The Balaban J connectivity index is 1.69. The highest BCUT2D eigenvalue weighted by atomic mass is 16.5. The van der Waals surface area contributed by atoms with Crippen molar-refractivity contribution in [2.75, 3.05) is 7.11 Å². The molecule has 0 aliphatic rings. The average Bonchev–Trinajstić information content (AvgIpc) is 2.78. The Kier molecular flexibility index (Phi) is 7.45. The van der Waals surface area contributed by atoms with Gasteiger partial charge in [-0.3, -0.25) is 4.79 Å². The second-order valence-electron chi connectivity index (χ2n) is 7.44. The van der Waals surface area contributed by atoms with Crippen molar-refractivity contribution in [2.24, 2.45) is 0 Å². The van der Waals surface area contributed by atoms with Crippen molar-refractivity contribution in [2.45, 2.75) is 27.4 Å². The summed E-state index contributed by atoms with van der Waals surface area (Å²) >= 11 is 0. The number of rotatable bonds is 8. The van der Waals surface area contributed by atoms with Gasteiger partial charge < -0.3 is 14.2 Å². The van der Waals surface area contributed by atoms with Gasteiger partial charge >= 0.3 is 5.97 Å². The summed E-state index contributed by atoms with van der Waals surface area (Å²) in [4.78, 5) is 24.1.